The molecule has 0 atom stereocenters. The molecule has 5 rings (SSSR count). The Labute approximate surface area is 182 Å². The molecule has 0 N–H and O–H groups in total. The highest BCUT2D eigenvalue weighted by atomic mass is 15.1. The third-order valence-electron chi connectivity index (χ3n) is 5.19. The van der Waals surface area contributed by atoms with Crippen LogP contribution < -0.4 is 4.90 Å². The molecule has 1 aromatic heterocycles. The Balaban J connectivity index is 1.51. The van der Waals surface area contributed by atoms with Crippen LogP contribution in [0, 0.1) is 0 Å². The fraction of sp³-hybridized carbons (Fsp3) is 0. The second-order valence-corrected chi connectivity index (χ2v) is 7.21. The number of nitrogens with zero attached hydrogens (tertiary/aromatic N) is 3. The summed E-state index contributed by atoms with van der Waals surface area (Å²) in [6.45, 7) is 0. The van der Waals surface area contributed by atoms with Gasteiger partial charge in [0.2, 0.25) is 0 Å². The second kappa shape index (κ2) is 8.64. The molecule has 3 heteroatoms. The predicted octanol–water partition coefficient (Wildman–Crippen LogP) is 7.28. The molecule has 0 unspecified atom stereocenters. The van der Waals surface area contributed by atoms with Crippen molar-refractivity contribution in [2.75, 3.05) is 4.90 Å². The average molecular weight is 399 g/mol. The first-order valence-corrected chi connectivity index (χ1v) is 10.3. The summed E-state index contributed by atoms with van der Waals surface area (Å²) >= 11 is 0. The van der Waals surface area contributed by atoms with Crippen molar-refractivity contribution in [1.29, 1.82) is 0 Å². The number of anilines is 3. The summed E-state index contributed by atoms with van der Waals surface area (Å²) < 4.78 is 0. The minimum absolute atomic E-state index is 0.909. The van der Waals surface area contributed by atoms with Gasteiger partial charge in [0, 0.05) is 28.2 Å². The molecule has 0 saturated heterocycles. The van der Waals surface area contributed by atoms with E-state index < -0.39 is 0 Å². The van der Waals surface area contributed by atoms with Crippen LogP contribution >= 0.6 is 0 Å². The number of hydrogen-bond donors (Lipinski definition) is 0. The van der Waals surface area contributed by atoms with Crippen LogP contribution in [-0.4, -0.2) is 9.97 Å². The molecule has 148 valence electrons. The predicted molar refractivity (Wildman–Crippen MR) is 128 cm³/mol. The summed E-state index contributed by atoms with van der Waals surface area (Å²) in [5.74, 6) is 0. The third-order valence-corrected chi connectivity index (χ3v) is 5.19. The van der Waals surface area contributed by atoms with E-state index in [1.54, 1.807) is 6.33 Å². The Morgan fingerprint density at radius 1 is 0.419 bits per heavy atom. The monoisotopic (exact) mass is 399 g/mol. The van der Waals surface area contributed by atoms with Crippen LogP contribution in [0.2, 0.25) is 0 Å². The highest BCUT2D eigenvalue weighted by Crippen LogP contribution is 2.35. The topological polar surface area (TPSA) is 29.0 Å². The Kier molecular flexibility index (Phi) is 5.23. The minimum atomic E-state index is 0.909. The van der Waals surface area contributed by atoms with Crippen molar-refractivity contribution in [2.24, 2.45) is 0 Å². The quantitative estimate of drug-likeness (QED) is 0.311. The zero-order valence-electron chi connectivity index (χ0n) is 17.0. The molecule has 31 heavy (non-hydrogen) atoms. The fourth-order valence-corrected chi connectivity index (χ4v) is 3.66. The third kappa shape index (κ3) is 4.07. The van der Waals surface area contributed by atoms with Gasteiger partial charge in [-0.2, -0.15) is 0 Å². The van der Waals surface area contributed by atoms with Crippen molar-refractivity contribution in [1.82, 2.24) is 9.97 Å². The molecule has 0 aliphatic carbocycles. The molecule has 0 saturated carbocycles. The van der Waals surface area contributed by atoms with Crippen molar-refractivity contribution < 1.29 is 0 Å². The Hall–Kier alpha value is -4.24. The van der Waals surface area contributed by atoms with Crippen LogP contribution in [0.4, 0.5) is 17.1 Å². The summed E-state index contributed by atoms with van der Waals surface area (Å²) in [5, 5.41) is 0. The minimum Gasteiger partial charge on any atom is -0.311 e. The van der Waals surface area contributed by atoms with E-state index in [4.69, 9.17) is 0 Å². The normalized spacial score (nSPS) is 10.6. The van der Waals surface area contributed by atoms with Crippen LogP contribution in [0.5, 0.6) is 0 Å². The maximum Gasteiger partial charge on any atom is 0.116 e. The van der Waals surface area contributed by atoms with Gasteiger partial charge in [-0.15, -0.1) is 0 Å². The summed E-state index contributed by atoms with van der Waals surface area (Å²) in [4.78, 5) is 11.2. The lowest BCUT2D eigenvalue weighted by atomic mass is 10.1. The first-order chi connectivity index (χ1) is 15.4. The summed E-state index contributed by atoms with van der Waals surface area (Å²) in [5.41, 5.74) is 7.31. The molecule has 0 radical (unpaired) electrons. The molecule has 0 amide bonds. The van der Waals surface area contributed by atoms with E-state index in [0.717, 1.165) is 39.6 Å². The molecule has 0 aliphatic heterocycles. The maximum absolute atomic E-state index is 4.50. The van der Waals surface area contributed by atoms with E-state index >= 15 is 0 Å². The van der Waals surface area contributed by atoms with E-state index in [-0.39, 0.29) is 0 Å². The van der Waals surface area contributed by atoms with Crippen LogP contribution in [0.15, 0.2) is 128 Å². The zero-order chi connectivity index (χ0) is 20.9. The van der Waals surface area contributed by atoms with Crippen molar-refractivity contribution in [3.8, 4) is 22.5 Å². The molecular weight excluding hydrogens is 378 g/mol. The highest BCUT2D eigenvalue weighted by Gasteiger charge is 2.12. The zero-order valence-corrected chi connectivity index (χ0v) is 17.0. The van der Waals surface area contributed by atoms with Crippen LogP contribution in [0.25, 0.3) is 22.5 Å². The molecule has 0 aliphatic rings. The van der Waals surface area contributed by atoms with E-state index in [0.29, 0.717) is 0 Å². The van der Waals surface area contributed by atoms with Crippen LogP contribution in [0.3, 0.4) is 0 Å². The van der Waals surface area contributed by atoms with Crippen LogP contribution in [-0.2, 0) is 0 Å². The van der Waals surface area contributed by atoms with Gasteiger partial charge < -0.3 is 4.90 Å². The van der Waals surface area contributed by atoms with E-state index in [1.807, 2.05) is 36.4 Å². The Morgan fingerprint density at radius 3 is 1.35 bits per heavy atom. The van der Waals surface area contributed by atoms with Gasteiger partial charge in [0.05, 0.1) is 11.4 Å². The number of aromatic nitrogens is 2. The lowest BCUT2D eigenvalue weighted by Crippen LogP contribution is -2.09. The van der Waals surface area contributed by atoms with Gasteiger partial charge in [-0.1, -0.05) is 78.9 Å². The lowest BCUT2D eigenvalue weighted by molar-refractivity contribution is 1.17. The van der Waals surface area contributed by atoms with Crippen molar-refractivity contribution in [3.63, 3.8) is 0 Å². The standard InChI is InChI=1S/C28H21N3/c1-4-10-22(11-5-1)27-20-28(30-21-29-27)23-16-18-26(19-17-23)31(24-12-6-2-7-13-24)25-14-8-3-9-15-25/h1-21H. The van der Waals surface area contributed by atoms with Gasteiger partial charge in [0.1, 0.15) is 6.33 Å². The Morgan fingerprint density at radius 2 is 0.839 bits per heavy atom. The molecule has 0 spiro atoms. The van der Waals surface area contributed by atoms with E-state index in [1.165, 1.54) is 0 Å². The van der Waals surface area contributed by atoms with E-state index in [9.17, 15) is 0 Å². The number of hydrogen-bond acceptors (Lipinski definition) is 3. The second-order valence-electron chi connectivity index (χ2n) is 7.21. The summed E-state index contributed by atoms with van der Waals surface area (Å²) in [6.07, 6.45) is 1.63. The van der Waals surface area contributed by atoms with Crippen molar-refractivity contribution >= 4 is 17.1 Å². The first kappa shape index (κ1) is 18.8. The number of para-hydroxylation sites is 2. The van der Waals surface area contributed by atoms with Crippen molar-refractivity contribution in [2.45, 2.75) is 0 Å². The first-order valence-electron chi connectivity index (χ1n) is 10.3. The molecule has 5 aromatic rings. The van der Waals surface area contributed by atoms with Gasteiger partial charge in [-0.3, -0.25) is 0 Å². The van der Waals surface area contributed by atoms with Gasteiger partial charge >= 0.3 is 0 Å². The Bertz CT molecular complexity index is 1210. The largest absolute Gasteiger partial charge is 0.311 e. The van der Waals surface area contributed by atoms with Gasteiger partial charge in [0.25, 0.3) is 0 Å². The van der Waals surface area contributed by atoms with Gasteiger partial charge in [0.15, 0.2) is 0 Å². The van der Waals surface area contributed by atoms with Gasteiger partial charge in [-0.05, 0) is 42.5 Å². The van der Waals surface area contributed by atoms with Crippen molar-refractivity contribution in [3.05, 3.63) is 128 Å². The molecule has 0 fully saturated rings. The lowest BCUT2D eigenvalue weighted by Gasteiger charge is -2.25. The maximum atomic E-state index is 4.50. The highest BCUT2D eigenvalue weighted by molar-refractivity contribution is 5.78. The number of benzene rings is 4. The van der Waals surface area contributed by atoms with Gasteiger partial charge in [-0.25, -0.2) is 9.97 Å². The SMILES string of the molecule is c1ccc(-c2cc(-c3ccc(N(c4ccccc4)c4ccccc4)cc3)ncn2)cc1. The molecule has 1 heterocycles. The molecular formula is C28H21N3. The average Bonchev–Trinajstić information content (AvgIpc) is 2.87. The fourth-order valence-electron chi connectivity index (χ4n) is 3.66. The van der Waals surface area contributed by atoms with E-state index in [2.05, 4.69) is 99.8 Å². The summed E-state index contributed by atoms with van der Waals surface area (Å²) in [6, 6.07) is 41.5. The van der Waals surface area contributed by atoms with Crippen LogP contribution in [0.1, 0.15) is 0 Å². The smallest absolute Gasteiger partial charge is 0.116 e. The number of rotatable bonds is 5. The molecule has 3 nitrogen and oxygen atoms in total. The summed E-state index contributed by atoms with van der Waals surface area (Å²) in [7, 11) is 0. The molecule has 4 aromatic carbocycles. The molecule has 0 bridgehead atoms.